The Labute approximate surface area is 114 Å². The van der Waals surface area contributed by atoms with Gasteiger partial charge in [0.25, 0.3) is 0 Å². The third-order valence-corrected chi connectivity index (χ3v) is 3.80. The molecule has 0 aliphatic carbocycles. The first-order valence-electron chi connectivity index (χ1n) is 6.42. The van der Waals surface area contributed by atoms with Crippen LogP contribution in [-0.2, 0) is 15.7 Å². The highest BCUT2D eigenvalue weighted by atomic mass is 16.7. The van der Waals surface area contributed by atoms with Crippen molar-refractivity contribution in [3.63, 3.8) is 0 Å². The molecule has 0 aromatic carbocycles. The minimum absolute atomic E-state index is 0.167. The fourth-order valence-corrected chi connectivity index (χ4v) is 1.89. The van der Waals surface area contributed by atoms with Gasteiger partial charge in [-0.3, -0.25) is 4.98 Å². The molecule has 1 aromatic rings. The van der Waals surface area contributed by atoms with Gasteiger partial charge in [0.15, 0.2) is 0 Å². The molecule has 0 bridgehead atoms. The van der Waals surface area contributed by atoms with E-state index in [0.717, 1.165) is 0 Å². The van der Waals surface area contributed by atoms with Gasteiger partial charge in [-0.2, -0.15) is 0 Å². The maximum Gasteiger partial charge on any atom is 0.514 e. The average molecular weight is 261 g/mol. The zero-order valence-electron chi connectivity index (χ0n) is 11.9. The molecule has 2 rings (SSSR count). The van der Waals surface area contributed by atoms with E-state index in [4.69, 9.17) is 9.31 Å². The molecule has 19 heavy (non-hydrogen) atoms. The molecule has 0 saturated carbocycles. The number of pyridine rings is 1. The van der Waals surface area contributed by atoms with Crippen molar-refractivity contribution >= 4 is 12.7 Å². The largest absolute Gasteiger partial charge is 0.514 e. The minimum Gasteiger partial charge on any atom is -0.506 e. The Morgan fingerprint density at radius 2 is 1.84 bits per heavy atom. The summed E-state index contributed by atoms with van der Waals surface area (Å²) in [5.74, 6) is 0.167. The summed E-state index contributed by atoms with van der Waals surface area (Å²) in [7, 11) is -0.505. The predicted octanol–water partition coefficient (Wildman–Crippen LogP) is 1.81. The van der Waals surface area contributed by atoms with Crippen molar-refractivity contribution in [1.82, 2.24) is 4.98 Å². The molecule has 102 valence electrons. The molecule has 0 unspecified atom stereocenters. The molecule has 1 N–H and O–H groups in total. The van der Waals surface area contributed by atoms with Gasteiger partial charge in [-0.05, 0) is 39.8 Å². The zero-order valence-corrected chi connectivity index (χ0v) is 11.9. The van der Waals surface area contributed by atoms with Crippen LogP contribution in [0.2, 0.25) is 0 Å². The van der Waals surface area contributed by atoms with E-state index >= 15 is 0 Å². The lowest BCUT2D eigenvalue weighted by Crippen LogP contribution is -2.41. The Bertz CT molecular complexity index is 483. The molecule has 4 nitrogen and oxygen atoms in total. The van der Waals surface area contributed by atoms with E-state index in [1.807, 2.05) is 27.7 Å². The van der Waals surface area contributed by atoms with Crippen molar-refractivity contribution in [2.45, 2.75) is 45.3 Å². The molecular weight excluding hydrogens is 241 g/mol. The third-order valence-electron chi connectivity index (χ3n) is 3.80. The van der Waals surface area contributed by atoms with Crippen LogP contribution >= 0.6 is 0 Å². The Balaban J connectivity index is 2.29. The van der Waals surface area contributed by atoms with Crippen LogP contribution in [-0.4, -0.2) is 28.4 Å². The number of hydrogen-bond acceptors (Lipinski definition) is 4. The molecule has 0 radical (unpaired) electrons. The number of rotatable bonds is 3. The van der Waals surface area contributed by atoms with Gasteiger partial charge in [-0.15, -0.1) is 6.58 Å². The second-order valence-corrected chi connectivity index (χ2v) is 5.78. The number of nitrogens with zero attached hydrogens (tertiary/aromatic N) is 1. The SMILES string of the molecule is C=CCc1nc(B2OC(C)(C)C(C)(C)O2)ccc1O. The van der Waals surface area contributed by atoms with Crippen LogP contribution in [0.15, 0.2) is 24.8 Å². The minimum atomic E-state index is -0.505. The molecular formula is C14H20BNO3. The summed E-state index contributed by atoms with van der Waals surface area (Å²) in [4.78, 5) is 4.40. The number of aromatic nitrogens is 1. The molecule has 2 heterocycles. The number of hydrogen-bond donors (Lipinski definition) is 1. The van der Waals surface area contributed by atoms with Crippen LogP contribution in [0.3, 0.4) is 0 Å². The fraction of sp³-hybridized carbons (Fsp3) is 0.500. The summed E-state index contributed by atoms with van der Waals surface area (Å²) in [6, 6.07) is 3.34. The number of allylic oxidation sites excluding steroid dienone is 1. The van der Waals surface area contributed by atoms with Gasteiger partial charge in [-0.25, -0.2) is 0 Å². The van der Waals surface area contributed by atoms with Crippen LogP contribution in [0.1, 0.15) is 33.4 Å². The monoisotopic (exact) mass is 261 g/mol. The van der Waals surface area contributed by atoms with E-state index in [0.29, 0.717) is 17.7 Å². The lowest BCUT2D eigenvalue weighted by molar-refractivity contribution is 0.00578. The Morgan fingerprint density at radius 1 is 1.26 bits per heavy atom. The Morgan fingerprint density at radius 3 is 2.37 bits per heavy atom. The predicted molar refractivity (Wildman–Crippen MR) is 75.5 cm³/mol. The van der Waals surface area contributed by atoms with Crippen LogP contribution in [0.5, 0.6) is 5.75 Å². The molecule has 0 amide bonds. The molecule has 1 fully saturated rings. The average Bonchev–Trinajstić information content (AvgIpc) is 2.51. The second kappa shape index (κ2) is 4.65. The normalized spacial score (nSPS) is 20.5. The second-order valence-electron chi connectivity index (χ2n) is 5.78. The maximum absolute atomic E-state index is 9.72. The van der Waals surface area contributed by atoms with Crippen LogP contribution in [0.25, 0.3) is 0 Å². The summed E-state index contributed by atoms with van der Waals surface area (Å²) in [6.07, 6.45) is 2.22. The van der Waals surface area contributed by atoms with Crippen LogP contribution in [0, 0.1) is 0 Å². The summed E-state index contributed by atoms with van der Waals surface area (Å²) in [5.41, 5.74) is 0.474. The standard InChI is InChI=1S/C14H20BNO3/c1-6-7-10-11(17)8-9-12(16-10)15-18-13(2,3)14(4,5)19-15/h6,8-9,17H,1,7H2,2-5H3. The molecule has 1 aliphatic heterocycles. The van der Waals surface area contributed by atoms with E-state index in [1.54, 1.807) is 18.2 Å². The maximum atomic E-state index is 9.72. The highest BCUT2D eigenvalue weighted by molar-refractivity contribution is 6.61. The van der Waals surface area contributed by atoms with E-state index in [1.165, 1.54) is 0 Å². The van der Waals surface area contributed by atoms with Crippen molar-refractivity contribution in [1.29, 1.82) is 0 Å². The van der Waals surface area contributed by atoms with E-state index in [2.05, 4.69) is 11.6 Å². The molecule has 0 atom stereocenters. The van der Waals surface area contributed by atoms with Crippen LogP contribution in [0.4, 0.5) is 0 Å². The molecule has 1 aromatic heterocycles. The lowest BCUT2D eigenvalue weighted by atomic mass is 9.84. The van der Waals surface area contributed by atoms with Gasteiger partial charge < -0.3 is 14.4 Å². The summed E-state index contributed by atoms with van der Waals surface area (Å²) < 4.78 is 11.9. The van der Waals surface area contributed by atoms with E-state index in [9.17, 15) is 5.11 Å². The van der Waals surface area contributed by atoms with Gasteiger partial charge in [0.1, 0.15) is 5.75 Å². The highest BCUT2D eigenvalue weighted by Crippen LogP contribution is 2.36. The van der Waals surface area contributed by atoms with Gasteiger partial charge in [0.05, 0.1) is 22.5 Å². The molecule has 1 aliphatic rings. The first-order chi connectivity index (χ1) is 8.77. The van der Waals surface area contributed by atoms with Crippen molar-refractivity contribution in [3.05, 3.63) is 30.5 Å². The topological polar surface area (TPSA) is 51.6 Å². The van der Waals surface area contributed by atoms with Crippen molar-refractivity contribution in [2.75, 3.05) is 0 Å². The van der Waals surface area contributed by atoms with Crippen molar-refractivity contribution in [3.8, 4) is 5.75 Å². The first-order valence-corrected chi connectivity index (χ1v) is 6.42. The zero-order chi connectivity index (χ0) is 14.3. The van der Waals surface area contributed by atoms with E-state index < -0.39 is 18.3 Å². The van der Waals surface area contributed by atoms with Gasteiger partial charge in [-0.1, -0.05) is 6.08 Å². The molecule has 0 spiro atoms. The highest BCUT2D eigenvalue weighted by Gasteiger charge is 2.52. The van der Waals surface area contributed by atoms with E-state index in [-0.39, 0.29) is 5.75 Å². The quantitative estimate of drug-likeness (QED) is 0.666. The smallest absolute Gasteiger partial charge is 0.506 e. The Kier molecular flexibility index (Phi) is 3.45. The van der Waals surface area contributed by atoms with Crippen molar-refractivity contribution < 1.29 is 14.4 Å². The molecule has 5 heteroatoms. The summed E-state index contributed by atoms with van der Waals surface area (Å²) in [5, 5.41) is 9.72. The number of aromatic hydroxyl groups is 1. The van der Waals surface area contributed by atoms with Crippen molar-refractivity contribution in [2.24, 2.45) is 0 Å². The van der Waals surface area contributed by atoms with Gasteiger partial charge in [0.2, 0.25) is 0 Å². The Hall–Kier alpha value is -1.33. The third kappa shape index (κ3) is 2.53. The van der Waals surface area contributed by atoms with Gasteiger partial charge in [0, 0.05) is 6.42 Å². The fourth-order valence-electron chi connectivity index (χ4n) is 1.89. The van der Waals surface area contributed by atoms with Crippen LogP contribution < -0.4 is 5.59 Å². The molecule has 1 saturated heterocycles. The lowest BCUT2D eigenvalue weighted by Gasteiger charge is -2.32. The van der Waals surface area contributed by atoms with Gasteiger partial charge >= 0.3 is 7.12 Å². The summed E-state index contributed by atoms with van der Waals surface area (Å²) in [6.45, 7) is 11.6. The first kappa shape index (κ1) is 14.1. The summed E-state index contributed by atoms with van der Waals surface area (Å²) >= 11 is 0.